The lowest BCUT2D eigenvalue weighted by Gasteiger charge is -2.13. The van der Waals surface area contributed by atoms with Crippen LogP contribution in [0, 0.1) is 0 Å². The molecule has 0 aliphatic heterocycles. The fraction of sp³-hybridized carbons (Fsp3) is 0.700. The molecule has 1 aromatic heterocycles. The molecular formula is C10H17NS. The minimum atomic E-state index is 0.198. The van der Waals surface area contributed by atoms with E-state index in [1.807, 2.05) is 0 Å². The molecule has 0 saturated heterocycles. The van der Waals surface area contributed by atoms with Crippen LogP contribution in [0.3, 0.4) is 0 Å². The molecule has 0 saturated carbocycles. The molecule has 0 aromatic carbocycles. The van der Waals surface area contributed by atoms with Crippen molar-refractivity contribution >= 4 is 11.5 Å². The van der Waals surface area contributed by atoms with Gasteiger partial charge in [0.15, 0.2) is 0 Å². The molecular weight excluding hydrogens is 166 g/mol. The zero-order valence-electron chi connectivity index (χ0n) is 8.51. The zero-order valence-corrected chi connectivity index (χ0v) is 9.33. The Balaban J connectivity index is 2.92. The molecule has 12 heavy (non-hydrogen) atoms. The summed E-state index contributed by atoms with van der Waals surface area (Å²) in [6.07, 6.45) is 0. The SMILES string of the molecule is CC(C)c1cc(C(C)(C)C)ns1. The van der Waals surface area contributed by atoms with E-state index in [-0.39, 0.29) is 5.41 Å². The number of aromatic nitrogens is 1. The van der Waals surface area contributed by atoms with E-state index in [1.54, 1.807) is 11.5 Å². The third-order valence-electron chi connectivity index (χ3n) is 1.87. The molecule has 0 atom stereocenters. The topological polar surface area (TPSA) is 12.9 Å². The highest BCUT2D eigenvalue weighted by Crippen LogP contribution is 2.27. The van der Waals surface area contributed by atoms with Gasteiger partial charge in [-0.05, 0) is 23.5 Å². The van der Waals surface area contributed by atoms with Gasteiger partial charge < -0.3 is 0 Å². The van der Waals surface area contributed by atoms with E-state index >= 15 is 0 Å². The van der Waals surface area contributed by atoms with Crippen LogP contribution in [-0.4, -0.2) is 4.37 Å². The van der Waals surface area contributed by atoms with Crippen LogP contribution in [0.15, 0.2) is 6.07 Å². The number of nitrogens with zero attached hydrogens (tertiary/aromatic N) is 1. The van der Waals surface area contributed by atoms with Gasteiger partial charge in [-0.1, -0.05) is 34.6 Å². The predicted octanol–water partition coefficient (Wildman–Crippen LogP) is 3.56. The van der Waals surface area contributed by atoms with Gasteiger partial charge >= 0.3 is 0 Å². The van der Waals surface area contributed by atoms with Gasteiger partial charge in [0.1, 0.15) is 0 Å². The summed E-state index contributed by atoms with van der Waals surface area (Å²) in [4.78, 5) is 1.39. The molecule has 0 N–H and O–H groups in total. The van der Waals surface area contributed by atoms with Gasteiger partial charge in [0.25, 0.3) is 0 Å². The smallest absolute Gasteiger partial charge is 0.0598 e. The summed E-state index contributed by atoms with van der Waals surface area (Å²) in [5.74, 6) is 0.610. The number of rotatable bonds is 1. The second kappa shape index (κ2) is 3.17. The fourth-order valence-electron chi connectivity index (χ4n) is 0.915. The van der Waals surface area contributed by atoms with E-state index in [1.165, 1.54) is 10.6 Å². The second-order valence-corrected chi connectivity index (χ2v) is 5.36. The maximum atomic E-state index is 4.45. The molecule has 0 spiro atoms. The van der Waals surface area contributed by atoms with Crippen LogP contribution in [0.4, 0.5) is 0 Å². The molecule has 68 valence electrons. The summed E-state index contributed by atoms with van der Waals surface area (Å²) < 4.78 is 4.45. The van der Waals surface area contributed by atoms with Crippen LogP contribution in [0.1, 0.15) is 51.1 Å². The molecule has 0 radical (unpaired) electrons. The highest BCUT2D eigenvalue weighted by Gasteiger charge is 2.17. The Morgan fingerprint density at radius 3 is 2.17 bits per heavy atom. The summed E-state index contributed by atoms with van der Waals surface area (Å²) >= 11 is 1.63. The van der Waals surface area contributed by atoms with Crippen molar-refractivity contribution in [1.82, 2.24) is 4.37 Å². The molecule has 0 aliphatic carbocycles. The van der Waals surface area contributed by atoms with Crippen molar-refractivity contribution in [3.05, 3.63) is 16.6 Å². The molecule has 0 bridgehead atoms. The van der Waals surface area contributed by atoms with Gasteiger partial charge in [-0.25, -0.2) is 0 Å². The molecule has 1 rings (SSSR count). The third kappa shape index (κ3) is 2.07. The molecule has 1 heterocycles. The van der Waals surface area contributed by atoms with Crippen LogP contribution >= 0.6 is 11.5 Å². The quantitative estimate of drug-likeness (QED) is 0.648. The van der Waals surface area contributed by atoms with Gasteiger partial charge in [0.2, 0.25) is 0 Å². The Morgan fingerprint density at radius 2 is 1.92 bits per heavy atom. The Morgan fingerprint density at radius 1 is 1.33 bits per heavy atom. The van der Waals surface area contributed by atoms with Gasteiger partial charge in [-0.2, -0.15) is 4.37 Å². The first kappa shape index (κ1) is 9.72. The van der Waals surface area contributed by atoms with E-state index in [2.05, 4.69) is 45.1 Å². The Kier molecular flexibility index (Phi) is 2.57. The number of hydrogen-bond acceptors (Lipinski definition) is 2. The maximum Gasteiger partial charge on any atom is 0.0598 e. The first-order valence-corrected chi connectivity index (χ1v) is 5.15. The van der Waals surface area contributed by atoms with Gasteiger partial charge in [0.05, 0.1) is 5.69 Å². The van der Waals surface area contributed by atoms with Crippen LogP contribution in [0.2, 0.25) is 0 Å². The summed E-state index contributed by atoms with van der Waals surface area (Å²) in [5.41, 5.74) is 1.42. The monoisotopic (exact) mass is 183 g/mol. The maximum absolute atomic E-state index is 4.45. The lowest BCUT2D eigenvalue weighted by atomic mass is 9.92. The van der Waals surface area contributed by atoms with Crippen LogP contribution < -0.4 is 0 Å². The summed E-state index contributed by atoms with van der Waals surface area (Å²) in [6, 6.07) is 2.23. The lowest BCUT2D eigenvalue weighted by Crippen LogP contribution is -2.10. The van der Waals surface area contributed by atoms with E-state index < -0.39 is 0 Å². The Labute approximate surface area is 79.0 Å². The van der Waals surface area contributed by atoms with Crippen molar-refractivity contribution in [1.29, 1.82) is 0 Å². The van der Waals surface area contributed by atoms with Crippen LogP contribution in [-0.2, 0) is 5.41 Å². The van der Waals surface area contributed by atoms with E-state index in [0.717, 1.165) is 0 Å². The molecule has 0 amide bonds. The first-order chi connectivity index (χ1) is 5.41. The first-order valence-electron chi connectivity index (χ1n) is 4.38. The number of hydrogen-bond donors (Lipinski definition) is 0. The average Bonchev–Trinajstić information content (AvgIpc) is 2.30. The van der Waals surface area contributed by atoms with Crippen molar-refractivity contribution < 1.29 is 0 Å². The highest BCUT2D eigenvalue weighted by atomic mass is 32.1. The van der Waals surface area contributed by atoms with Crippen LogP contribution in [0.5, 0.6) is 0 Å². The molecule has 0 unspecified atom stereocenters. The van der Waals surface area contributed by atoms with Crippen LogP contribution in [0.25, 0.3) is 0 Å². The van der Waals surface area contributed by atoms with Crippen molar-refractivity contribution in [3.63, 3.8) is 0 Å². The van der Waals surface area contributed by atoms with E-state index in [0.29, 0.717) is 5.92 Å². The molecule has 0 aliphatic rings. The standard InChI is InChI=1S/C10H17NS/c1-7(2)8-6-9(11-12-8)10(3,4)5/h6-7H,1-5H3. The summed E-state index contributed by atoms with van der Waals surface area (Å²) in [7, 11) is 0. The van der Waals surface area contributed by atoms with Crippen molar-refractivity contribution in [3.8, 4) is 0 Å². The minimum absolute atomic E-state index is 0.198. The molecule has 1 nitrogen and oxygen atoms in total. The average molecular weight is 183 g/mol. The Hall–Kier alpha value is -0.370. The predicted molar refractivity (Wildman–Crippen MR) is 54.9 cm³/mol. The summed E-state index contributed by atoms with van der Waals surface area (Å²) in [6.45, 7) is 11.0. The molecule has 2 heteroatoms. The molecule has 0 fully saturated rings. The third-order valence-corrected chi connectivity index (χ3v) is 2.95. The summed E-state index contributed by atoms with van der Waals surface area (Å²) in [5, 5.41) is 0. The van der Waals surface area contributed by atoms with Gasteiger partial charge in [0, 0.05) is 10.3 Å². The largest absolute Gasteiger partial charge is 0.197 e. The van der Waals surface area contributed by atoms with Crippen molar-refractivity contribution in [2.24, 2.45) is 0 Å². The minimum Gasteiger partial charge on any atom is -0.197 e. The second-order valence-electron chi connectivity index (χ2n) is 4.52. The van der Waals surface area contributed by atoms with Gasteiger partial charge in [-0.3, -0.25) is 0 Å². The lowest BCUT2D eigenvalue weighted by molar-refractivity contribution is 0.575. The van der Waals surface area contributed by atoms with Crippen molar-refractivity contribution in [2.75, 3.05) is 0 Å². The van der Waals surface area contributed by atoms with Gasteiger partial charge in [-0.15, -0.1) is 0 Å². The fourth-order valence-corrected chi connectivity index (χ4v) is 1.82. The van der Waals surface area contributed by atoms with E-state index in [4.69, 9.17) is 0 Å². The Bertz CT molecular complexity index is 255. The van der Waals surface area contributed by atoms with E-state index in [9.17, 15) is 0 Å². The highest BCUT2D eigenvalue weighted by molar-refractivity contribution is 7.05. The molecule has 1 aromatic rings. The normalized spacial score (nSPS) is 12.5. The van der Waals surface area contributed by atoms with Crippen molar-refractivity contribution in [2.45, 2.75) is 46.0 Å². The zero-order chi connectivity index (χ0) is 9.35.